The number of pyridine rings is 1. The lowest BCUT2D eigenvalue weighted by Crippen LogP contribution is -2.41. The molecule has 0 spiro atoms. The van der Waals surface area contributed by atoms with E-state index in [-0.39, 0.29) is 29.6 Å². The molecule has 0 saturated carbocycles. The van der Waals surface area contributed by atoms with Crippen LogP contribution in [0.4, 0.5) is 0 Å². The SMILES string of the molecule is COc1cccc(-n2cc(CNC(=O)c3cn(C(C)C)cc(C(=O)N4CCC(C)CC4)c3=O)cn2)c1. The lowest BCUT2D eigenvalue weighted by atomic mass is 9.98. The van der Waals surface area contributed by atoms with E-state index in [4.69, 9.17) is 4.74 Å². The minimum atomic E-state index is -0.542. The highest BCUT2D eigenvalue weighted by Gasteiger charge is 2.26. The van der Waals surface area contributed by atoms with Crippen molar-refractivity contribution in [3.63, 3.8) is 0 Å². The molecular weight excluding hydrogens is 458 g/mol. The molecule has 1 N–H and O–H groups in total. The van der Waals surface area contributed by atoms with Crippen LogP contribution in [0.15, 0.2) is 53.8 Å². The van der Waals surface area contributed by atoms with E-state index in [1.807, 2.05) is 38.1 Å². The van der Waals surface area contributed by atoms with E-state index in [9.17, 15) is 14.4 Å². The second kappa shape index (κ2) is 10.8. The number of amides is 2. The van der Waals surface area contributed by atoms with Crippen LogP contribution in [0.25, 0.3) is 5.69 Å². The molecule has 1 aliphatic heterocycles. The van der Waals surface area contributed by atoms with Crippen LogP contribution in [0.1, 0.15) is 65.9 Å². The first-order chi connectivity index (χ1) is 17.3. The molecule has 1 aromatic carbocycles. The Balaban J connectivity index is 1.52. The molecule has 3 heterocycles. The molecular formula is C27H33N5O4. The second-order valence-electron chi connectivity index (χ2n) is 9.61. The van der Waals surface area contributed by atoms with Gasteiger partial charge in [-0.3, -0.25) is 14.4 Å². The van der Waals surface area contributed by atoms with Gasteiger partial charge in [-0.1, -0.05) is 13.0 Å². The Morgan fingerprint density at radius 1 is 1.14 bits per heavy atom. The van der Waals surface area contributed by atoms with Gasteiger partial charge < -0.3 is 19.5 Å². The Kier molecular flexibility index (Phi) is 7.57. The molecule has 0 aliphatic carbocycles. The van der Waals surface area contributed by atoms with Gasteiger partial charge in [0, 0.05) is 55.9 Å². The van der Waals surface area contributed by atoms with Crippen LogP contribution in [0.3, 0.4) is 0 Å². The van der Waals surface area contributed by atoms with Gasteiger partial charge in [0.15, 0.2) is 0 Å². The molecule has 3 aromatic rings. The van der Waals surface area contributed by atoms with Gasteiger partial charge in [0.1, 0.15) is 16.9 Å². The summed E-state index contributed by atoms with van der Waals surface area (Å²) < 4.78 is 8.70. The van der Waals surface area contributed by atoms with Crippen LogP contribution >= 0.6 is 0 Å². The predicted molar refractivity (Wildman–Crippen MR) is 137 cm³/mol. The van der Waals surface area contributed by atoms with Crippen molar-refractivity contribution in [2.75, 3.05) is 20.2 Å². The van der Waals surface area contributed by atoms with E-state index in [1.54, 1.807) is 39.8 Å². The maximum Gasteiger partial charge on any atom is 0.259 e. The number of aromatic nitrogens is 3. The summed E-state index contributed by atoms with van der Waals surface area (Å²) in [5.41, 5.74) is 1.05. The molecule has 9 nitrogen and oxygen atoms in total. The predicted octanol–water partition coefficient (Wildman–Crippen LogP) is 3.43. The maximum absolute atomic E-state index is 13.2. The first kappa shape index (κ1) is 25.2. The number of likely N-dealkylation sites (tertiary alicyclic amines) is 1. The van der Waals surface area contributed by atoms with Gasteiger partial charge in [-0.2, -0.15) is 5.10 Å². The summed E-state index contributed by atoms with van der Waals surface area (Å²) in [6.45, 7) is 7.47. The van der Waals surface area contributed by atoms with Gasteiger partial charge >= 0.3 is 0 Å². The number of carbonyl (C=O) groups excluding carboxylic acids is 2. The summed E-state index contributed by atoms with van der Waals surface area (Å²) in [4.78, 5) is 41.2. The van der Waals surface area contributed by atoms with E-state index in [1.165, 1.54) is 6.20 Å². The lowest BCUT2D eigenvalue weighted by Gasteiger charge is -2.30. The van der Waals surface area contributed by atoms with Crippen LogP contribution in [0.5, 0.6) is 5.75 Å². The molecule has 1 fully saturated rings. The number of hydrogen-bond donors (Lipinski definition) is 1. The number of methoxy groups -OCH3 is 1. The van der Waals surface area contributed by atoms with Gasteiger partial charge in [-0.25, -0.2) is 4.68 Å². The zero-order chi connectivity index (χ0) is 25.8. The molecule has 4 rings (SSSR count). The van der Waals surface area contributed by atoms with Crippen LogP contribution in [0, 0.1) is 5.92 Å². The molecule has 0 unspecified atom stereocenters. The Bertz CT molecular complexity index is 1300. The number of rotatable bonds is 7. The third kappa shape index (κ3) is 5.50. The van der Waals surface area contributed by atoms with Gasteiger partial charge in [-0.05, 0) is 44.7 Å². The first-order valence-electron chi connectivity index (χ1n) is 12.3. The fourth-order valence-electron chi connectivity index (χ4n) is 4.22. The minimum absolute atomic E-state index is 0.0221. The van der Waals surface area contributed by atoms with Gasteiger partial charge in [-0.15, -0.1) is 0 Å². The minimum Gasteiger partial charge on any atom is -0.497 e. The number of nitrogens with one attached hydrogen (secondary N) is 1. The molecule has 190 valence electrons. The molecule has 1 saturated heterocycles. The number of hydrogen-bond acceptors (Lipinski definition) is 5. The largest absolute Gasteiger partial charge is 0.497 e. The Morgan fingerprint density at radius 2 is 1.86 bits per heavy atom. The van der Waals surface area contributed by atoms with Crippen LogP contribution in [-0.4, -0.2) is 51.3 Å². The van der Waals surface area contributed by atoms with Crippen molar-refractivity contribution in [2.24, 2.45) is 5.92 Å². The highest BCUT2D eigenvalue weighted by Crippen LogP contribution is 2.19. The van der Waals surface area contributed by atoms with Crippen molar-refractivity contribution in [1.82, 2.24) is 24.6 Å². The van der Waals surface area contributed by atoms with Crippen LogP contribution in [-0.2, 0) is 6.54 Å². The number of piperidine rings is 1. The van der Waals surface area contributed by atoms with E-state index >= 15 is 0 Å². The number of carbonyl (C=O) groups is 2. The monoisotopic (exact) mass is 491 g/mol. The second-order valence-corrected chi connectivity index (χ2v) is 9.61. The molecule has 1 aliphatic rings. The summed E-state index contributed by atoms with van der Waals surface area (Å²) in [5.74, 6) is 0.445. The van der Waals surface area contributed by atoms with Crippen LogP contribution < -0.4 is 15.5 Å². The average molecular weight is 492 g/mol. The highest BCUT2D eigenvalue weighted by atomic mass is 16.5. The lowest BCUT2D eigenvalue weighted by molar-refractivity contribution is 0.0695. The average Bonchev–Trinajstić information content (AvgIpc) is 3.36. The van der Waals surface area contributed by atoms with Crippen molar-refractivity contribution in [3.05, 3.63) is 76.0 Å². The highest BCUT2D eigenvalue weighted by molar-refractivity contribution is 5.99. The van der Waals surface area contributed by atoms with Crippen molar-refractivity contribution < 1.29 is 14.3 Å². The third-order valence-electron chi connectivity index (χ3n) is 6.59. The van der Waals surface area contributed by atoms with Gasteiger partial charge in [0.05, 0.1) is 19.0 Å². The number of benzene rings is 1. The van der Waals surface area contributed by atoms with Crippen molar-refractivity contribution in [2.45, 2.75) is 46.2 Å². The fourth-order valence-corrected chi connectivity index (χ4v) is 4.22. The Labute approximate surface area is 210 Å². The molecule has 9 heteroatoms. The fraction of sp³-hybridized carbons (Fsp3) is 0.407. The molecule has 2 amide bonds. The molecule has 2 aromatic heterocycles. The summed E-state index contributed by atoms with van der Waals surface area (Å²) in [6, 6.07) is 7.46. The van der Waals surface area contributed by atoms with Crippen molar-refractivity contribution in [3.8, 4) is 11.4 Å². The molecule has 0 bridgehead atoms. The zero-order valence-electron chi connectivity index (χ0n) is 21.2. The van der Waals surface area contributed by atoms with Crippen molar-refractivity contribution in [1.29, 1.82) is 0 Å². The summed E-state index contributed by atoms with van der Waals surface area (Å²) in [5, 5.41) is 7.16. The van der Waals surface area contributed by atoms with Gasteiger partial charge in [0.2, 0.25) is 5.43 Å². The summed E-state index contributed by atoms with van der Waals surface area (Å²) >= 11 is 0. The van der Waals surface area contributed by atoms with E-state index < -0.39 is 11.3 Å². The number of nitrogens with zero attached hydrogens (tertiary/aromatic N) is 4. The molecule has 0 atom stereocenters. The number of ether oxygens (including phenoxy) is 1. The Hall–Kier alpha value is -3.88. The van der Waals surface area contributed by atoms with E-state index in [0.29, 0.717) is 24.8 Å². The zero-order valence-corrected chi connectivity index (χ0v) is 21.2. The maximum atomic E-state index is 13.2. The van der Waals surface area contributed by atoms with E-state index in [2.05, 4.69) is 17.3 Å². The standard InChI is InChI=1S/C27H33N5O4/c1-18(2)31-16-23(25(33)24(17-31)27(35)30-10-8-19(3)9-11-30)26(34)28-13-20-14-29-32(15-20)21-6-5-7-22(12-21)36-4/h5-7,12,14-19H,8-11,13H2,1-4H3,(H,28,34). The molecule has 36 heavy (non-hydrogen) atoms. The quantitative estimate of drug-likeness (QED) is 0.546. The topological polar surface area (TPSA) is 98.5 Å². The Morgan fingerprint density at radius 3 is 2.56 bits per heavy atom. The normalized spacial score (nSPS) is 14.2. The summed E-state index contributed by atoms with van der Waals surface area (Å²) in [7, 11) is 1.60. The van der Waals surface area contributed by atoms with Crippen molar-refractivity contribution >= 4 is 11.8 Å². The first-order valence-corrected chi connectivity index (χ1v) is 12.3. The summed E-state index contributed by atoms with van der Waals surface area (Å²) in [6.07, 6.45) is 8.38. The van der Waals surface area contributed by atoms with Crippen LogP contribution in [0.2, 0.25) is 0 Å². The molecule has 0 radical (unpaired) electrons. The van der Waals surface area contributed by atoms with Gasteiger partial charge in [0.25, 0.3) is 11.8 Å². The third-order valence-corrected chi connectivity index (χ3v) is 6.59. The van der Waals surface area contributed by atoms with E-state index in [0.717, 1.165) is 24.1 Å². The smallest absolute Gasteiger partial charge is 0.259 e.